The minimum absolute atomic E-state index is 0.0797. The van der Waals surface area contributed by atoms with Crippen LogP contribution in [0.15, 0.2) is 76.3 Å². The zero-order valence-electron chi connectivity index (χ0n) is 13.3. The third kappa shape index (κ3) is 3.58. The van der Waals surface area contributed by atoms with Crippen molar-refractivity contribution >= 4 is 5.97 Å². The highest BCUT2D eigenvalue weighted by molar-refractivity contribution is 5.85. The van der Waals surface area contributed by atoms with Gasteiger partial charge in [-0.15, -0.1) is 0 Å². The topological polar surface area (TPSA) is 81.3 Å². The quantitative estimate of drug-likeness (QED) is 0.770. The maximum atomic E-state index is 12.8. The largest absolute Gasteiger partial charge is 0.477 e. The predicted molar refractivity (Wildman–Crippen MR) is 93.0 cm³/mol. The first-order valence-electron chi connectivity index (χ1n) is 7.72. The van der Waals surface area contributed by atoms with Crippen LogP contribution < -0.4 is 11.2 Å². The normalized spacial score (nSPS) is 10.6. The molecule has 0 saturated carbocycles. The summed E-state index contributed by atoms with van der Waals surface area (Å²) in [4.78, 5) is 36.5. The lowest BCUT2D eigenvalue weighted by Gasteiger charge is -2.13. The van der Waals surface area contributed by atoms with Gasteiger partial charge in [-0.25, -0.2) is 9.59 Å². The lowest BCUT2D eigenvalue weighted by atomic mass is 10.2. The molecule has 2 aromatic carbocycles. The van der Waals surface area contributed by atoms with Crippen molar-refractivity contribution in [1.82, 2.24) is 9.13 Å². The minimum Gasteiger partial charge on any atom is -0.477 e. The number of aromatic carboxylic acids is 1. The van der Waals surface area contributed by atoms with Gasteiger partial charge in [-0.3, -0.25) is 13.9 Å². The number of rotatable bonds is 5. The fraction of sp³-hybridized carbons (Fsp3) is 0.105. The Kier molecular flexibility index (Phi) is 4.61. The van der Waals surface area contributed by atoms with Gasteiger partial charge in [-0.2, -0.15) is 0 Å². The molecule has 0 unspecified atom stereocenters. The van der Waals surface area contributed by atoms with Crippen molar-refractivity contribution in [1.29, 1.82) is 0 Å². The summed E-state index contributed by atoms with van der Waals surface area (Å²) in [7, 11) is 0. The van der Waals surface area contributed by atoms with Crippen molar-refractivity contribution in [3.8, 4) is 0 Å². The van der Waals surface area contributed by atoms with E-state index in [1.54, 1.807) is 36.4 Å². The summed E-state index contributed by atoms with van der Waals surface area (Å²) in [6.45, 7) is 0.170. The Balaban J connectivity index is 2.11. The molecule has 0 atom stereocenters. The molecule has 0 aliphatic heterocycles. The molecule has 1 heterocycles. The molecular weight excluding hydrogens is 320 g/mol. The van der Waals surface area contributed by atoms with Gasteiger partial charge in [-0.1, -0.05) is 60.7 Å². The molecule has 25 heavy (non-hydrogen) atoms. The minimum atomic E-state index is -1.31. The summed E-state index contributed by atoms with van der Waals surface area (Å²) in [5, 5.41) is 9.37. The summed E-state index contributed by atoms with van der Waals surface area (Å²) in [5.41, 5.74) is -0.0237. The molecule has 126 valence electrons. The Morgan fingerprint density at radius 1 is 0.800 bits per heavy atom. The van der Waals surface area contributed by atoms with E-state index in [-0.39, 0.29) is 18.8 Å². The molecule has 3 rings (SSSR count). The van der Waals surface area contributed by atoms with E-state index in [1.807, 2.05) is 24.3 Å². The van der Waals surface area contributed by atoms with E-state index in [0.717, 1.165) is 26.3 Å². The van der Waals surface area contributed by atoms with Crippen LogP contribution >= 0.6 is 0 Å². The van der Waals surface area contributed by atoms with Gasteiger partial charge in [-0.05, 0) is 11.1 Å². The Hall–Kier alpha value is -3.41. The van der Waals surface area contributed by atoms with Crippen molar-refractivity contribution < 1.29 is 9.90 Å². The Morgan fingerprint density at radius 3 is 1.76 bits per heavy atom. The second-order valence-corrected chi connectivity index (χ2v) is 5.60. The average molecular weight is 336 g/mol. The van der Waals surface area contributed by atoms with E-state index in [1.165, 1.54) is 0 Å². The molecular formula is C19H16N2O4. The molecule has 0 bridgehead atoms. The van der Waals surface area contributed by atoms with Crippen LogP contribution in [0.2, 0.25) is 0 Å². The first-order chi connectivity index (χ1) is 12.1. The number of carboxylic acids is 1. The number of carboxylic acid groups (broad SMARTS) is 1. The van der Waals surface area contributed by atoms with Crippen LogP contribution in [0.25, 0.3) is 0 Å². The Labute approximate surface area is 143 Å². The molecule has 0 radical (unpaired) electrons. The molecule has 0 fully saturated rings. The molecule has 0 amide bonds. The van der Waals surface area contributed by atoms with Gasteiger partial charge in [0.05, 0.1) is 13.1 Å². The predicted octanol–water partition coefficient (Wildman–Crippen LogP) is 1.80. The van der Waals surface area contributed by atoms with Crippen LogP contribution in [0.4, 0.5) is 0 Å². The van der Waals surface area contributed by atoms with E-state index >= 15 is 0 Å². The van der Waals surface area contributed by atoms with Crippen LogP contribution in [0, 0.1) is 0 Å². The van der Waals surface area contributed by atoms with E-state index in [4.69, 9.17) is 0 Å². The maximum absolute atomic E-state index is 12.8. The molecule has 0 aliphatic rings. The van der Waals surface area contributed by atoms with Crippen LogP contribution in [0.5, 0.6) is 0 Å². The molecule has 1 aromatic heterocycles. The highest BCUT2D eigenvalue weighted by atomic mass is 16.4. The fourth-order valence-electron chi connectivity index (χ4n) is 2.62. The first kappa shape index (κ1) is 16.4. The van der Waals surface area contributed by atoms with Gasteiger partial charge in [0.1, 0.15) is 5.69 Å². The van der Waals surface area contributed by atoms with Crippen LogP contribution in [0.3, 0.4) is 0 Å². The monoisotopic (exact) mass is 336 g/mol. The van der Waals surface area contributed by atoms with Gasteiger partial charge in [0.2, 0.25) is 0 Å². The summed E-state index contributed by atoms with van der Waals surface area (Å²) >= 11 is 0. The van der Waals surface area contributed by atoms with Gasteiger partial charge >= 0.3 is 11.7 Å². The number of aromatic nitrogens is 2. The van der Waals surface area contributed by atoms with Crippen molar-refractivity contribution in [3.63, 3.8) is 0 Å². The van der Waals surface area contributed by atoms with Gasteiger partial charge in [0.25, 0.3) is 5.56 Å². The maximum Gasteiger partial charge on any atom is 0.352 e. The molecule has 6 heteroatoms. The zero-order valence-corrected chi connectivity index (χ0v) is 13.3. The van der Waals surface area contributed by atoms with Gasteiger partial charge in [0.15, 0.2) is 0 Å². The smallest absolute Gasteiger partial charge is 0.352 e. The molecule has 1 N–H and O–H groups in total. The number of hydrogen-bond acceptors (Lipinski definition) is 3. The summed E-state index contributed by atoms with van der Waals surface area (Å²) in [5.74, 6) is -1.31. The summed E-state index contributed by atoms with van der Waals surface area (Å²) in [6.07, 6.45) is 0. The van der Waals surface area contributed by atoms with E-state index < -0.39 is 17.2 Å². The van der Waals surface area contributed by atoms with Crippen molar-refractivity contribution in [2.45, 2.75) is 13.1 Å². The summed E-state index contributed by atoms with van der Waals surface area (Å²) in [6, 6.07) is 19.1. The van der Waals surface area contributed by atoms with Crippen LogP contribution in [-0.4, -0.2) is 20.2 Å². The Morgan fingerprint density at radius 2 is 1.28 bits per heavy atom. The number of nitrogens with zero attached hydrogens (tertiary/aromatic N) is 2. The summed E-state index contributed by atoms with van der Waals surface area (Å²) < 4.78 is 2.16. The highest BCUT2D eigenvalue weighted by Crippen LogP contribution is 2.04. The Bertz CT molecular complexity index is 1010. The third-order valence-electron chi connectivity index (χ3n) is 3.86. The fourth-order valence-corrected chi connectivity index (χ4v) is 2.62. The third-order valence-corrected chi connectivity index (χ3v) is 3.86. The highest BCUT2D eigenvalue weighted by Gasteiger charge is 2.17. The van der Waals surface area contributed by atoms with Gasteiger partial charge < -0.3 is 5.11 Å². The number of carbonyl (C=O) groups is 1. The first-order valence-corrected chi connectivity index (χ1v) is 7.72. The van der Waals surface area contributed by atoms with Crippen molar-refractivity contribution in [3.05, 3.63) is 104 Å². The van der Waals surface area contributed by atoms with E-state index in [9.17, 15) is 19.5 Å². The van der Waals surface area contributed by atoms with Gasteiger partial charge in [0, 0.05) is 6.07 Å². The van der Waals surface area contributed by atoms with Crippen LogP contribution in [-0.2, 0) is 13.1 Å². The molecule has 0 saturated heterocycles. The average Bonchev–Trinajstić information content (AvgIpc) is 2.62. The number of hydrogen-bond donors (Lipinski definition) is 1. The van der Waals surface area contributed by atoms with Crippen LogP contribution in [0.1, 0.15) is 21.6 Å². The lowest BCUT2D eigenvalue weighted by molar-refractivity contribution is 0.0682. The van der Waals surface area contributed by atoms with Crippen molar-refractivity contribution in [2.24, 2.45) is 0 Å². The van der Waals surface area contributed by atoms with E-state index in [2.05, 4.69) is 0 Å². The lowest BCUT2D eigenvalue weighted by Crippen LogP contribution is -2.42. The number of benzene rings is 2. The SMILES string of the molecule is O=C(O)c1cc(=O)n(Cc2ccccc2)c(=O)n1Cc1ccccc1. The second kappa shape index (κ2) is 7.00. The molecule has 0 spiro atoms. The van der Waals surface area contributed by atoms with Crippen molar-refractivity contribution in [2.75, 3.05) is 0 Å². The molecule has 0 aliphatic carbocycles. The molecule has 3 aromatic rings. The second-order valence-electron chi connectivity index (χ2n) is 5.60. The zero-order chi connectivity index (χ0) is 17.8. The van der Waals surface area contributed by atoms with E-state index in [0.29, 0.717) is 0 Å². The standard InChI is InChI=1S/C19H16N2O4/c22-17-11-16(18(23)24)20(12-14-7-3-1-4-8-14)19(25)21(17)13-15-9-5-2-6-10-15/h1-11H,12-13H2,(H,23,24). The molecule has 6 nitrogen and oxygen atoms in total.